The molecule has 0 radical (unpaired) electrons. The maximum absolute atomic E-state index is 12.3. The molecule has 0 saturated carbocycles. The number of rotatable bonds is 2. The van der Waals surface area contributed by atoms with Gasteiger partial charge in [-0.25, -0.2) is 4.79 Å². The molecule has 1 saturated heterocycles. The fourth-order valence-electron chi connectivity index (χ4n) is 2.17. The van der Waals surface area contributed by atoms with Gasteiger partial charge in [-0.3, -0.25) is 4.79 Å². The SMILES string of the molecule is Cc1cscc1C(=O)N1CCCCC1C(=O)O. The van der Waals surface area contributed by atoms with Crippen molar-refractivity contribution in [2.24, 2.45) is 0 Å². The number of piperidine rings is 1. The number of carboxylic acid groups (broad SMARTS) is 1. The second-order valence-electron chi connectivity index (χ2n) is 4.32. The molecule has 92 valence electrons. The van der Waals surface area contributed by atoms with Crippen LogP contribution < -0.4 is 0 Å². The largest absolute Gasteiger partial charge is 0.480 e. The van der Waals surface area contributed by atoms with Gasteiger partial charge in [0.15, 0.2) is 0 Å². The summed E-state index contributed by atoms with van der Waals surface area (Å²) in [6, 6.07) is -0.657. The van der Waals surface area contributed by atoms with Gasteiger partial charge in [0.1, 0.15) is 6.04 Å². The van der Waals surface area contributed by atoms with Gasteiger partial charge in [-0.1, -0.05) is 0 Å². The van der Waals surface area contributed by atoms with Crippen molar-refractivity contribution in [3.8, 4) is 0 Å². The Morgan fingerprint density at radius 3 is 2.76 bits per heavy atom. The molecule has 0 aromatic carbocycles. The number of carbonyl (C=O) groups excluding carboxylic acids is 1. The first-order valence-electron chi connectivity index (χ1n) is 5.68. The molecule has 2 rings (SSSR count). The number of carbonyl (C=O) groups is 2. The molecule has 1 fully saturated rings. The Kier molecular flexibility index (Phi) is 3.47. The summed E-state index contributed by atoms with van der Waals surface area (Å²) in [6.45, 7) is 2.43. The second kappa shape index (κ2) is 4.87. The zero-order valence-corrected chi connectivity index (χ0v) is 10.5. The van der Waals surface area contributed by atoms with E-state index in [4.69, 9.17) is 5.11 Å². The van der Waals surface area contributed by atoms with E-state index in [1.807, 2.05) is 12.3 Å². The molecule has 2 heterocycles. The Bertz CT molecular complexity index is 441. The monoisotopic (exact) mass is 253 g/mol. The van der Waals surface area contributed by atoms with Crippen LogP contribution in [0.4, 0.5) is 0 Å². The third-order valence-corrected chi connectivity index (χ3v) is 4.00. The summed E-state index contributed by atoms with van der Waals surface area (Å²) in [5.41, 5.74) is 1.57. The number of hydrogen-bond donors (Lipinski definition) is 1. The Labute approximate surface area is 104 Å². The molecule has 1 atom stereocenters. The number of amides is 1. The van der Waals surface area contributed by atoms with Gasteiger partial charge in [0.2, 0.25) is 0 Å². The van der Waals surface area contributed by atoms with Crippen LogP contribution >= 0.6 is 11.3 Å². The summed E-state index contributed by atoms with van der Waals surface area (Å²) in [5.74, 6) is -1.04. The molecule has 1 aliphatic heterocycles. The van der Waals surface area contributed by atoms with Gasteiger partial charge in [-0.15, -0.1) is 0 Å². The maximum atomic E-state index is 12.3. The first kappa shape index (κ1) is 12.1. The predicted molar refractivity (Wildman–Crippen MR) is 65.4 cm³/mol. The van der Waals surface area contributed by atoms with E-state index >= 15 is 0 Å². The van der Waals surface area contributed by atoms with Gasteiger partial charge in [0, 0.05) is 11.9 Å². The van der Waals surface area contributed by atoms with Crippen molar-refractivity contribution in [3.05, 3.63) is 21.9 Å². The van der Waals surface area contributed by atoms with Crippen LogP contribution in [0.1, 0.15) is 35.2 Å². The molecule has 17 heavy (non-hydrogen) atoms. The Balaban J connectivity index is 2.23. The van der Waals surface area contributed by atoms with Crippen molar-refractivity contribution in [1.82, 2.24) is 4.90 Å². The molecular formula is C12H15NO3S. The standard InChI is InChI=1S/C12H15NO3S/c1-8-6-17-7-9(8)11(14)13-5-3-2-4-10(13)12(15)16/h6-7,10H,2-5H2,1H3,(H,15,16). The van der Waals surface area contributed by atoms with Crippen LogP contribution in [-0.2, 0) is 4.79 Å². The molecule has 0 spiro atoms. The van der Waals surface area contributed by atoms with Gasteiger partial charge in [0.05, 0.1) is 5.56 Å². The van der Waals surface area contributed by atoms with Crippen molar-refractivity contribution < 1.29 is 14.7 Å². The third-order valence-electron chi connectivity index (χ3n) is 3.13. The molecule has 1 N–H and O–H groups in total. The first-order valence-corrected chi connectivity index (χ1v) is 6.62. The number of aryl methyl sites for hydroxylation is 1. The van der Waals surface area contributed by atoms with E-state index in [1.165, 1.54) is 16.2 Å². The summed E-state index contributed by atoms with van der Waals surface area (Å²) >= 11 is 1.47. The van der Waals surface area contributed by atoms with Crippen molar-refractivity contribution in [2.45, 2.75) is 32.2 Å². The summed E-state index contributed by atoms with van der Waals surface area (Å²) in [5, 5.41) is 12.8. The average molecular weight is 253 g/mol. The summed E-state index contributed by atoms with van der Waals surface area (Å²) in [7, 11) is 0. The molecule has 0 aliphatic carbocycles. The van der Waals surface area contributed by atoms with Gasteiger partial charge < -0.3 is 10.0 Å². The number of nitrogens with zero attached hydrogens (tertiary/aromatic N) is 1. The molecule has 0 bridgehead atoms. The number of thiophene rings is 1. The van der Waals surface area contributed by atoms with Crippen molar-refractivity contribution in [1.29, 1.82) is 0 Å². The molecule has 1 unspecified atom stereocenters. The third kappa shape index (κ3) is 2.34. The lowest BCUT2D eigenvalue weighted by Crippen LogP contribution is -2.48. The molecule has 5 heteroatoms. The van der Waals surface area contributed by atoms with Gasteiger partial charge in [-0.05, 0) is 37.1 Å². The maximum Gasteiger partial charge on any atom is 0.326 e. The quantitative estimate of drug-likeness (QED) is 0.878. The number of hydrogen-bond acceptors (Lipinski definition) is 3. The molecule has 1 aromatic rings. The van der Waals surface area contributed by atoms with E-state index in [9.17, 15) is 9.59 Å². The summed E-state index contributed by atoms with van der Waals surface area (Å²) in [6.07, 6.45) is 2.33. The van der Waals surface area contributed by atoms with Crippen LogP contribution in [0, 0.1) is 6.92 Å². The summed E-state index contributed by atoms with van der Waals surface area (Å²) < 4.78 is 0. The smallest absolute Gasteiger partial charge is 0.326 e. The minimum Gasteiger partial charge on any atom is -0.480 e. The lowest BCUT2D eigenvalue weighted by Gasteiger charge is -2.32. The molecule has 1 amide bonds. The lowest BCUT2D eigenvalue weighted by atomic mass is 10.0. The highest BCUT2D eigenvalue weighted by Crippen LogP contribution is 2.22. The Morgan fingerprint density at radius 1 is 1.41 bits per heavy atom. The molecule has 1 aliphatic rings. The lowest BCUT2D eigenvalue weighted by molar-refractivity contribution is -0.143. The summed E-state index contributed by atoms with van der Waals surface area (Å²) in [4.78, 5) is 24.9. The van der Waals surface area contributed by atoms with Crippen LogP contribution in [0.3, 0.4) is 0 Å². The van der Waals surface area contributed by atoms with E-state index in [-0.39, 0.29) is 5.91 Å². The molecule has 1 aromatic heterocycles. The van der Waals surface area contributed by atoms with Crippen LogP contribution in [0.2, 0.25) is 0 Å². The van der Waals surface area contributed by atoms with Crippen molar-refractivity contribution in [3.63, 3.8) is 0 Å². The van der Waals surface area contributed by atoms with E-state index in [2.05, 4.69) is 0 Å². The van der Waals surface area contributed by atoms with Crippen LogP contribution in [0.5, 0.6) is 0 Å². The van der Waals surface area contributed by atoms with Gasteiger partial charge in [-0.2, -0.15) is 11.3 Å². The minimum atomic E-state index is -0.897. The zero-order chi connectivity index (χ0) is 12.4. The van der Waals surface area contributed by atoms with Gasteiger partial charge >= 0.3 is 5.97 Å². The number of carboxylic acids is 1. The highest BCUT2D eigenvalue weighted by atomic mass is 32.1. The van der Waals surface area contributed by atoms with Crippen molar-refractivity contribution in [2.75, 3.05) is 6.54 Å². The normalized spacial score (nSPS) is 20.3. The second-order valence-corrected chi connectivity index (χ2v) is 5.06. The van der Waals surface area contributed by atoms with E-state index in [1.54, 1.807) is 5.38 Å². The van der Waals surface area contributed by atoms with Crippen LogP contribution in [-0.4, -0.2) is 34.5 Å². The highest BCUT2D eigenvalue weighted by Gasteiger charge is 2.32. The average Bonchev–Trinajstić information content (AvgIpc) is 2.74. The molecule has 4 nitrogen and oxygen atoms in total. The van der Waals surface area contributed by atoms with E-state index < -0.39 is 12.0 Å². The van der Waals surface area contributed by atoms with Crippen LogP contribution in [0.15, 0.2) is 10.8 Å². The van der Waals surface area contributed by atoms with Crippen molar-refractivity contribution >= 4 is 23.2 Å². The van der Waals surface area contributed by atoms with Gasteiger partial charge in [0.25, 0.3) is 5.91 Å². The van der Waals surface area contributed by atoms with E-state index in [0.29, 0.717) is 18.5 Å². The minimum absolute atomic E-state index is 0.143. The molecular weight excluding hydrogens is 238 g/mol. The number of aliphatic carboxylic acids is 1. The fraction of sp³-hybridized carbons (Fsp3) is 0.500. The Hall–Kier alpha value is -1.36. The predicted octanol–water partition coefficient (Wildman–Crippen LogP) is 2.14. The number of likely N-dealkylation sites (tertiary alicyclic amines) is 1. The first-order chi connectivity index (χ1) is 8.11. The fourth-order valence-corrected chi connectivity index (χ4v) is 2.99. The Morgan fingerprint density at radius 2 is 2.18 bits per heavy atom. The highest BCUT2D eigenvalue weighted by molar-refractivity contribution is 7.08. The van der Waals surface area contributed by atoms with E-state index in [0.717, 1.165) is 18.4 Å². The van der Waals surface area contributed by atoms with Crippen LogP contribution in [0.25, 0.3) is 0 Å². The zero-order valence-electron chi connectivity index (χ0n) is 9.68. The topological polar surface area (TPSA) is 57.6 Å².